The summed E-state index contributed by atoms with van der Waals surface area (Å²) >= 11 is 0. The van der Waals surface area contributed by atoms with E-state index in [9.17, 15) is 0 Å². The lowest BCUT2D eigenvalue weighted by atomic mass is 10.2. The fourth-order valence-electron chi connectivity index (χ4n) is 1.98. The van der Waals surface area contributed by atoms with Crippen LogP contribution in [0.2, 0.25) is 0 Å². The Bertz CT molecular complexity index is 561. The first-order chi connectivity index (χ1) is 9.65. The fourth-order valence-corrected chi connectivity index (χ4v) is 1.98. The first-order valence-corrected chi connectivity index (χ1v) is 6.69. The van der Waals surface area contributed by atoms with Crippen LogP contribution in [-0.4, -0.2) is 28.8 Å². The average molecular weight is 276 g/mol. The number of nitrogens with one attached hydrogen (secondary N) is 1. The maximum atomic E-state index is 5.19. The summed E-state index contributed by atoms with van der Waals surface area (Å²) in [5.41, 5.74) is 2.47. The summed E-state index contributed by atoms with van der Waals surface area (Å²) in [4.78, 5) is 9.06. The minimum absolute atomic E-state index is 0.444. The van der Waals surface area contributed by atoms with Crippen LogP contribution in [0.3, 0.4) is 0 Å². The number of ether oxygens (including phenoxy) is 1. The Morgan fingerprint density at radius 3 is 2.70 bits per heavy atom. The van der Waals surface area contributed by atoms with E-state index in [1.54, 1.807) is 7.11 Å². The van der Waals surface area contributed by atoms with E-state index in [0.717, 1.165) is 41.5 Å². The van der Waals surface area contributed by atoms with E-state index in [2.05, 4.69) is 27.4 Å². The largest absolute Gasteiger partial charge is 0.378 e. The highest BCUT2D eigenvalue weighted by molar-refractivity contribution is 5.62. The molecular weight excluding hydrogens is 256 g/mol. The standard InChI is InChI=1S/C14H20N4O2/c1-5-6-15-12-7-11(8-19-4)16-14(17-12)13-9(2)18-20-10(13)3/h7H,5-6,8H2,1-4H3,(H,15,16,17). The molecule has 6 nitrogen and oxygen atoms in total. The van der Waals surface area contributed by atoms with Gasteiger partial charge in [-0.2, -0.15) is 0 Å². The Balaban J connectivity index is 2.43. The average Bonchev–Trinajstić information content (AvgIpc) is 2.76. The van der Waals surface area contributed by atoms with Crippen molar-refractivity contribution in [2.45, 2.75) is 33.8 Å². The molecule has 0 bridgehead atoms. The second-order valence-corrected chi connectivity index (χ2v) is 4.63. The third-order valence-electron chi connectivity index (χ3n) is 2.88. The van der Waals surface area contributed by atoms with Gasteiger partial charge in [0.05, 0.1) is 23.6 Å². The van der Waals surface area contributed by atoms with Gasteiger partial charge in [0, 0.05) is 19.7 Å². The van der Waals surface area contributed by atoms with E-state index >= 15 is 0 Å². The molecule has 0 aliphatic heterocycles. The van der Waals surface area contributed by atoms with Gasteiger partial charge in [0.2, 0.25) is 0 Å². The lowest BCUT2D eigenvalue weighted by molar-refractivity contribution is 0.181. The second-order valence-electron chi connectivity index (χ2n) is 4.63. The van der Waals surface area contributed by atoms with Gasteiger partial charge in [-0.25, -0.2) is 9.97 Å². The Hall–Kier alpha value is -1.95. The molecule has 108 valence electrons. The number of hydrogen-bond acceptors (Lipinski definition) is 6. The summed E-state index contributed by atoms with van der Waals surface area (Å²) in [5.74, 6) is 2.14. The van der Waals surface area contributed by atoms with Crippen molar-refractivity contribution in [1.82, 2.24) is 15.1 Å². The quantitative estimate of drug-likeness (QED) is 0.874. The predicted molar refractivity (Wildman–Crippen MR) is 76.5 cm³/mol. The molecule has 0 aliphatic carbocycles. The molecule has 2 rings (SSSR count). The summed E-state index contributed by atoms with van der Waals surface area (Å²) in [5, 5.41) is 7.23. The van der Waals surface area contributed by atoms with Gasteiger partial charge in [-0.3, -0.25) is 0 Å². The van der Waals surface area contributed by atoms with Crippen molar-refractivity contribution in [3.05, 3.63) is 23.2 Å². The molecule has 0 amide bonds. The monoisotopic (exact) mass is 276 g/mol. The predicted octanol–water partition coefficient (Wildman–Crippen LogP) is 2.72. The van der Waals surface area contributed by atoms with Crippen molar-refractivity contribution in [3.8, 4) is 11.4 Å². The van der Waals surface area contributed by atoms with E-state index < -0.39 is 0 Å². The van der Waals surface area contributed by atoms with Gasteiger partial charge in [-0.1, -0.05) is 12.1 Å². The molecule has 0 atom stereocenters. The molecule has 0 aliphatic rings. The number of methoxy groups -OCH3 is 1. The minimum Gasteiger partial charge on any atom is -0.378 e. The van der Waals surface area contributed by atoms with Gasteiger partial charge >= 0.3 is 0 Å². The van der Waals surface area contributed by atoms with Crippen molar-refractivity contribution in [2.75, 3.05) is 19.0 Å². The number of aromatic nitrogens is 3. The molecule has 2 aromatic heterocycles. The second kappa shape index (κ2) is 6.47. The van der Waals surface area contributed by atoms with Crippen LogP contribution in [0, 0.1) is 13.8 Å². The third-order valence-corrected chi connectivity index (χ3v) is 2.88. The van der Waals surface area contributed by atoms with Crippen molar-refractivity contribution in [3.63, 3.8) is 0 Å². The Morgan fingerprint density at radius 1 is 1.30 bits per heavy atom. The Morgan fingerprint density at radius 2 is 2.10 bits per heavy atom. The summed E-state index contributed by atoms with van der Waals surface area (Å²) in [6.45, 7) is 7.17. The number of anilines is 1. The van der Waals surface area contributed by atoms with E-state index in [-0.39, 0.29) is 0 Å². The number of nitrogens with zero attached hydrogens (tertiary/aromatic N) is 3. The number of rotatable bonds is 6. The van der Waals surface area contributed by atoms with Crippen LogP contribution in [0.15, 0.2) is 10.6 Å². The van der Waals surface area contributed by atoms with Gasteiger partial charge in [-0.15, -0.1) is 0 Å². The minimum atomic E-state index is 0.444. The van der Waals surface area contributed by atoms with Crippen LogP contribution >= 0.6 is 0 Å². The number of aryl methyl sites for hydroxylation is 2. The first kappa shape index (κ1) is 14.5. The van der Waals surface area contributed by atoms with E-state index in [1.165, 1.54) is 0 Å². The van der Waals surface area contributed by atoms with Crippen LogP contribution in [0.25, 0.3) is 11.4 Å². The zero-order valence-electron chi connectivity index (χ0n) is 12.4. The molecule has 0 saturated heterocycles. The van der Waals surface area contributed by atoms with Crippen LogP contribution < -0.4 is 5.32 Å². The highest BCUT2D eigenvalue weighted by atomic mass is 16.5. The molecule has 0 unspecified atom stereocenters. The highest BCUT2D eigenvalue weighted by Gasteiger charge is 2.16. The van der Waals surface area contributed by atoms with Crippen LogP contribution in [0.1, 0.15) is 30.5 Å². The maximum absolute atomic E-state index is 5.19. The fraction of sp³-hybridized carbons (Fsp3) is 0.500. The molecule has 2 aromatic rings. The summed E-state index contributed by atoms with van der Waals surface area (Å²) < 4.78 is 10.4. The summed E-state index contributed by atoms with van der Waals surface area (Å²) in [6, 6.07) is 1.90. The van der Waals surface area contributed by atoms with Gasteiger partial charge < -0.3 is 14.6 Å². The van der Waals surface area contributed by atoms with E-state index in [0.29, 0.717) is 12.4 Å². The topological polar surface area (TPSA) is 73.1 Å². The Kier molecular flexibility index (Phi) is 4.68. The Labute approximate surface area is 118 Å². The highest BCUT2D eigenvalue weighted by Crippen LogP contribution is 2.25. The molecule has 0 radical (unpaired) electrons. The number of hydrogen-bond donors (Lipinski definition) is 1. The van der Waals surface area contributed by atoms with Crippen LogP contribution in [0.5, 0.6) is 0 Å². The maximum Gasteiger partial charge on any atom is 0.167 e. The molecular formula is C14H20N4O2. The van der Waals surface area contributed by atoms with Crippen molar-refractivity contribution in [1.29, 1.82) is 0 Å². The van der Waals surface area contributed by atoms with Gasteiger partial charge in [0.1, 0.15) is 11.6 Å². The molecule has 2 heterocycles. The third kappa shape index (κ3) is 3.14. The zero-order chi connectivity index (χ0) is 14.5. The molecule has 20 heavy (non-hydrogen) atoms. The van der Waals surface area contributed by atoms with Crippen LogP contribution in [0.4, 0.5) is 5.82 Å². The van der Waals surface area contributed by atoms with E-state index in [4.69, 9.17) is 9.26 Å². The normalized spacial score (nSPS) is 10.8. The van der Waals surface area contributed by atoms with Gasteiger partial charge in [-0.05, 0) is 20.3 Å². The molecule has 1 N–H and O–H groups in total. The smallest absolute Gasteiger partial charge is 0.167 e. The lowest BCUT2D eigenvalue weighted by Crippen LogP contribution is -2.06. The SMILES string of the molecule is CCCNc1cc(COC)nc(-c2c(C)noc2C)n1. The van der Waals surface area contributed by atoms with Crippen molar-refractivity contribution >= 4 is 5.82 Å². The van der Waals surface area contributed by atoms with Gasteiger partial charge in [0.15, 0.2) is 5.82 Å². The first-order valence-electron chi connectivity index (χ1n) is 6.69. The van der Waals surface area contributed by atoms with Crippen molar-refractivity contribution in [2.24, 2.45) is 0 Å². The summed E-state index contributed by atoms with van der Waals surface area (Å²) in [6.07, 6.45) is 1.03. The van der Waals surface area contributed by atoms with Gasteiger partial charge in [0.25, 0.3) is 0 Å². The molecule has 6 heteroatoms. The molecule has 0 fully saturated rings. The zero-order valence-corrected chi connectivity index (χ0v) is 12.4. The molecule has 0 spiro atoms. The van der Waals surface area contributed by atoms with E-state index in [1.807, 2.05) is 19.9 Å². The molecule has 0 saturated carbocycles. The molecule has 0 aromatic carbocycles. The lowest BCUT2D eigenvalue weighted by Gasteiger charge is -2.09. The summed E-state index contributed by atoms with van der Waals surface area (Å²) in [7, 11) is 1.65. The van der Waals surface area contributed by atoms with Crippen molar-refractivity contribution < 1.29 is 9.26 Å². The van der Waals surface area contributed by atoms with Crippen LogP contribution in [-0.2, 0) is 11.3 Å².